The summed E-state index contributed by atoms with van der Waals surface area (Å²) >= 11 is 6.29. The van der Waals surface area contributed by atoms with Gasteiger partial charge in [0.15, 0.2) is 0 Å². The van der Waals surface area contributed by atoms with Crippen molar-refractivity contribution in [1.29, 1.82) is 0 Å². The van der Waals surface area contributed by atoms with Gasteiger partial charge in [0, 0.05) is 54.0 Å². The molecule has 2 unspecified atom stereocenters. The summed E-state index contributed by atoms with van der Waals surface area (Å²) in [6.07, 6.45) is 5.06. The average Bonchev–Trinajstić information content (AvgIpc) is 3.75. The lowest BCUT2D eigenvalue weighted by atomic mass is 9.49. The Balaban J connectivity index is 0.944. The third-order valence-corrected chi connectivity index (χ3v) is 11.9. The van der Waals surface area contributed by atoms with Crippen LogP contribution in [0.3, 0.4) is 0 Å². The first kappa shape index (κ1) is 34.6. The van der Waals surface area contributed by atoms with Crippen LogP contribution in [-0.2, 0) is 11.3 Å². The van der Waals surface area contributed by atoms with Crippen molar-refractivity contribution in [2.75, 3.05) is 13.1 Å². The minimum atomic E-state index is -0.470. The zero-order chi connectivity index (χ0) is 35.7. The first-order chi connectivity index (χ1) is 23.6. The summed E-state index contributed by atoms with van der Waals surface area (Å²) in [4.78, 5) is 41.3. The van der Waals surface area contributed by atoms with Gasteiger partial charge in [-0.05, 0) is 83.1 Å². The number of carbonyl (C=O) groups excluding carboxylic acids is 2. The van der Waals surface area contributed by atoms with Crippen molar-refractivity contribution in [3.05, 3.63) is 63.7 Å². The van der Waals surface area contributed by atoms with Crippen molar-refractivity contribution < 1.29 is 19.1 Å². The van der Waals surface area contributed by atoms with Gasteiger partial charge in [0.2, 0.25) is 5.69 Å². The van der Waals surface area contributed by atoms with Crippen molar-refractivity contribution in [3.63, 3.8) is 0 Å². The minimum Gasteiger partial charge on any atom is -0.489 e. The van der Waals surface area contributed by atoms with E-state index in [4.69, 9.17) is 32.6 Å². The Labute approximate surface area is 301 Å². The van der Waals surface area contributed by atoms with E-state index in [1.54, 1.807) is 18.2 Å². The number of likely N-dealkylation sites (tertiary alicyclic amines) is 2. The second-order valence-electron chi connectivity index (χ2n) is 17.0. The van der Waals surface area contributed by atoms with Gasteiger partial charge in [0.1, 0.15) is 23.1 Å². The zero-order valence-electron chi connectivity index (χ0n) is 30.3. The fraction of sp³-hybridized carbons (Fsp3) is 0.600. The van der Waals surface area contributed by atoms with Crippen LogP contribution in [0, 0.1) is 35.2 Å². The van der Waals surface area contributed by atoms with E-state index in [0.717, 1.165) is 50.9 Å². The van der Waals surface area contributed by atoms with Gasteiger partial charge >= 0.3 is 6.09 Å². The average molecular weight is 698 g/mol. The number of rotatable bonds is 4. The second kappa shape index (κ2) is 12.5. The number of pyridine rings is 1. The fourth-order valence-electron chi connectivity index (χ4n) is 9.90. The van der Waals surface area contributed by atoms with Gasteiger partial charge in [-0.3, -0.25) is 9.69 Å². The first-order valence-electron chi connectivity index (χ1n) is 18.0. The number of carbonyl (C=O) groups is 2. The lowest BCUT2D eigenvalue weighted by molar-refractivity contribution is -0.199. The number of benzene rings is 1. The third-order valence-electron chi connectivity index (χ3n) is 11.6. The minimum absolute atomic E-state index is 0.00390. The monoisotopic (exact) mass is 697 g/mol. The lowest BCUT2D eigenvalue weighted by Crippen LogP contribution is -2.74. The second-order valence-corrected chi connectivity index (χ2v) is 17.4. The summed E-state index contributed by atoms with van der Waals surface area (Å²) in [6.45, 7) is 23.8. The molecular weight excluding hydrogens is 650 g/mol. The number of halogens is 1. The summed E-state index contributed by atoms with van der Waals surface area (Å²) in [5.74, 6) is 7.81. The highest BCUT2D eigenvalue weighted by molar-refractivity contribution is 6.33. The topological polar surface area (TPSA) is 79.6 Å². The van der Waals surface area contributed by atoms with Crippen LogP contribution >= 0.6 is 11.6 Å². The maximum atomic E-state index is 13.7. The van der Waals surface area contributed by atoms with Crippen LogP contribution in [0.4, 0.5) is 10.5 Å². The smallest absolute Gasteiger partial charge is 0.410 e. The number of amides is 2. The normalized spacial score (nSPS) is 29.5. The highest BCUT2D eigenvalue weighted by Crippen LogP contribution is 2.59. The number of nitrogens with zero attached hydrogens (tertiary/aromatic N) is 5. The molecule has 2 amide bonds. The molecular formula is C40H48ClN5O4. The van der Waals surface area contributed by atoms with Crippen LogP contribution in [0.5, 0.6) is 5.75 Å². The number of hydrogen-bond donors (Lipinski definition) is 0. The highest BCUT2D eigenvalue weighted by Gasteiger charge is 2.67. The molecule has 5 aliphatic rings. The Kier molecular flexibility index (Phi) is 8.64. The van der Waals surface area contributed by atoms with Gasteiger partial charge in [-0.1, -0.05) is 51.3 Å². The molecule has 2 aliphatic carbocycles. The molecule has 0 N–H and O–H groups in total. The molecule has 1 aromatic carbocycles. The molecule has 9 nitrogen and oxygen atoms in total. The van der Waals surface area contributed by atoms with Gasteiger partial charge in [0.05, 0.1) is 29.4 Å². The maximum absolute atomic E-state index is 13.7. The SMILES string of the molecule is [C-]#[N+]c1ccc(OC2C(C)(C)C(N3Cc4nc(C#CC5CCC(N6CC7CC6CN7C(=O)OC(C)(C)C)CC5)ccc4C3=O)C2(C)C)cc1Cl. The largest absolute Gasteiger partial charge is 0.489 e. The predicted molar refractivity (Wildman–Crippen MR) is 192 cm³/mol. The summed E-state index contributed by atoms with van der Waals surface area (Å²) in [6, 6.07) is 10.1. The highest BCUT2D eigenvalue weighted by atomic mass is 35.5. The van der Waals surface area contributed by atoms with Crippen molar-refractivity contribution in [1.82, 2.24) is 19.7 Å². The van der Waals surface area contributed by atoms with Gasteiger partial charge in [-0.2, -0.15) is 0 Å². The van der Waals surface area contributed by atoms with E-state index in [2.05, 4.69) is 49.3 Å². The molecule has 2 saturated carbocycles. The van der Waals surface area contributed by atoms with Gasteiger partial charge < -0.3 is 19.3 Å². The van der Waals surface area contributed by atoms with E-state index in [-0.39, 0.29) is 41.0 Å². The molecule has 264 valence electrons. The van der Waals surface area contributed by atoms with Crippen LogP contribution in [0.25, 0.3) is 4.85 Å². The molecule has 1 aromatic heterocycles. The quantitative estimate of drug-likeness (QED) is 0.240. The maximum Gasteiger partial charge on any atom is 0.410 e. The summed E-state index contributed by atoms with van der Waals surface area (Å²) in [7, 11) is 0. The molecule has 4 heterocycles. The van der Waals surface area contributed by atoms with E-state index in [0.29, 0.717) is 52.3 Å². The summed E-state index contributed by atoms with van der Waals surface area (Å²) in [5.41, 5.74) is 1.41. The zero-order valence-corrected chi connectivity index (χ0v) is 31.0. The van der Waals surface area contributed by atoms with E-state index >= 15 is 0 Å². The number of ether oxygens (including phenoxy) is 2. The Morgan fingerprint density at radius 2 is 1.74 bits per heavy atom. The Morgan fingerprint density at radius 3 is 2.36 bits per heavy atom. The Morgan fingerprint density at radius 1 is 1.02 bits per heavy atom. The molecule has 3 aliphatic heterocycles. The van der Waals surface area contributed by atoms with E-state index in [1.165, 1.54) is 0 Å². The summed E-state index contributed by atoms with van der Waals surface area (Å²) < 4.78 is 12.1. The van der Waals surface area contributed by atoms with Gasteiger partial charge in [-0.15, -0.1) is 0 Å². The number of piperazine rings is 1. The molecule has 2 atom stereocenters. The van der Waals surface area contributed by atoms with Crippen LogP contribution < -0.4 is 4.74 Å². The number of hydrogen-bond acceptors (Lipinski definition) is 6. The standard InChI is InChI=1S/C40H48ClN5O4/c1-38(2,3)50-37(48)45-22-27-19-28(45)21-44(27)26-14-10-24(11-15-26)9-12-25-13-17-30-33(43-25)23-46(34(30)47)35-39(4,5)36(40(35,6)7)49-29-16-18-32(42-8)31(41)20-29/h13,16-18,20,24,26-28,35-36H,10-11,14-15,19,21-23H2,1-7H3. The summed E-state index contributed by atoms with van der Waals surface area (Å²) in [5, 5.41) is 0.370. The Bertz CT molecular complexity index is 1790. The van der Waals surface area contributed by atoms with Crippen molar-refractivity contribution >= 4 is 29.3 Å². The molecule has 2 saturated heterocycles. The van der Waals surface area contributed by atoms with Gasteiger partial charge in [0.25, 0.3) is 5.91 Å². The van der Waals surface area contributed by atoms with Gasteiger partial charge in [-0.25, -0.2) is 14.6 Å². The Hall–Kier alpha value is -3.79. The van der Waals surface area contributed by atoms with Crippen LogP contribution in [0.2, 0.25) is 5.02 Å². The van der Waals surface area contributed by atoms with Crippen LogP contribution in [0.15, 0.2) is 30.3 Å². The molecule has 4 fully saturated rings. The van der Waals surface area contributed by atoms with E-state index < -0.39 is 5.60 Å². The van der Waals surface area contributed by atoms with Crippen molar-refractivity contribution in [2.45, 2.75) is 123 Å². The third kappa shape index (κ3) is 6.11. The molecule has 50 heavy (non-hydrogen) atoms. The van der Waals surface area contributed by atoms with E-state index in [9.17, 15) is 9.59 Å². The molecule has 10 heteroatoms. The molecule has 2 aromatic rings. The predicted octanol–water partition coefficient (Wildman–Crippen LogP) is 7.73. The fourth-order valence-corrected chi connectivity index (χ4v) is 10.1. The molecule has 0 spiro atoms. The molecule has 2 bridgehead atoms. The van der Waals surface area contributed by atoms with Crippen LogP contribution in [0.1, 0.15) is 102 Å². The molecule has 7 rings (SSSR count). The number of fused-ring (bicyclic) bond motifs is 3. The van der Waals surface area contributed by atoms with Crippen molar-refractivity contribution in [2.24, 2.45) is 16.7 Å². The number of aromatic nitrogens is 1. The first-order valence-corrected chi connectivity index (χ1v) is 18.4. The van der Waals surface area contributed by atoms with Crippen LogP contribution in [-0.4, -0.2) is 80.6 Å². The van der Waals surface area contributed by atoms with Crippen molar-refractivity contribution in [3.8, 4) is 17.6 Å². The lowest BCUT2D eigenvalue weighted by Gasteiger charge is -2.65. The molecule has 0 radical (unpaired) electrons. The van der Waals surface area contributed by atoms with E-state index in [1.807, 2.05) is 42.7 Å².